The maximum atomic E-state index is 9.00. The molecule has 10 heavy (non-hydrogen) atoms. The molecule has 0 aromatic carbocycles. The van der Waals surface area contributed by atoms with E-state index >= 15 is 0 Å². The van der Waals surface area contributed by atoms with E-state index in [4.69, 9.17) is 5.11 Å². The van der Waals surface area contributed by atoms with Crippen LogP contribution in [0.3, 0.4) is 0 Å². The van der Waals surface area contributed by atoms with Gasteiger partial charge in [0, 0.05) is 6.61 Å². The van der Waals surface area contributed by atoms with Crippen LogP contribution >= 0.6 is 0 Å². The summed E-state index contributed by atoms with van der Waals surface area (Å²) in [6, 6.07) is 0. The second-order valence-electron chi connectivity index (χ2n) is 3.46. The minimum Gasteiger partial charge on any atom is -0.396 e. The van der Waals surface area contributed by atoms with Crippen molar-refractivity contribution < 1.29 is 5.11 Å². The smallest absolute Gasteiger partial charge is 0.0465 e. The third-order valence-electron chi connectivity index (χ3n) is 2.61. The molecule has 1 unspecified atom stereocenters. The van der Waals surface area contributed by atoms with Gasteiger partial charge in [0.15, 0.2) is 0 Å². The molecule has 1 aliphatic heterocycles. The molecule has 60 valence electrons. The van der Waals surface area contributed by atoms with Gasteiger partial charge in [0.05, 0.1) is 0 Å². The average molecular weight is 143 g/mol. The van der Waals surface area contributed by atoms with E-state index in [1.54, 1.807) is 0 Å². The topological polar surface area (TPSA) is 32.3 Å². The summed E-state index contributed by atoms with van der Waals surface area (Å²) in [5, 5.41) is 12.3. The van der Waals surface area contributed by atoms with E-state index in [1.807, 2.05) is 0 Å². The molecule has 0 aromatic rings. The largest absolute Gasteiger partial charge is 0.396 e. The molecular weight excluding hydrogens is 126 g/mol. The van der Waals surface area contributed by atoms with Crippen LogP contribution in [-0.4, -0.2) is 24.8 Å². The number of hydrogen-bond donors (Lipinski definition) is 2. The van der Waals surface area contributed by atoms with Crippen LogP contribution in [0.5, 0.6) is 0 Å². The van der Waals surface area contributed by atoms with Gasteiger partial charge in [-0.15, -0.1) is 0 Å². The van der Waals surface area contributed by atoms with Crippen molar-refractivity contribution in [2.75, 3.05) is 19.7 Å². The van der Waals surface area contributed by atoms with Crippen LogP contribution in [0.2, 0.25) is 0 Å². The number of piperidine rings is 1. The normalized spacial score (nSPS) is 41.7. The van der Waals surface area contributed by atoms with Crippen molar-refractivity contribution in [3.05, 3.63) is 0 Å². The fourth-order valence-electron chi connectivity index (χ4n) is 1.76. The number of aliphatic hydroxyl groups excluding tert-OH is 1. The fourth-order valence-corrected chi connectivity index (χ4v) is 1.76. The highest BCUT2D eigenvalue weighted by molar-refractivity contribution is 4.79. The molecule has 2 nitrogen and oxygen atoms in total. The summed E-state index contributed by atoms with van der Waals surface area (Å²) in [4.78, 5) is 0. The van der Waals surface area contributed by atoms with Crippen molar-refractivity contribution in [1.82, 2.24) is 5.32 Å². The van der Waals surface area contributed by atoms with E-state index in [2.05, 4.69) is 19.2 Å². The Morgan fingerprint density at radius 2 is 1.80 bits per heavy atom. The van der Waals surface area contributed by atoms with Gasteiger partial charge in [-0.2, -0.15) is 0 Å². The zero-order valence-corrected chi connectivity index (χ0v) is 6.80. The van der Waals surface area contributed by atoms with E-state index in [0.29, 0.717) is 24.4 Å². The lowest BCUT2D eigenvalue weighted by Crippen LogP contribution is -2.42. The first-order valence-electron chi connectivity index (χ1n) is 4.07. The SMILES string of the molecule is C[C@@H]1CNC[C@H](C)C1CO. The van der Waals surface area contributed by atoms with Gasteiger partial charge in [-0.3, -0.25) is 0 Å². The first-order chi connectivity index (χ1) is 4.75. The molecule has 1 rings (SSSR count). The van der Waals surface area contributed by atoms with Crippen molar-refractivity contribution in [3.63, 3.8) is 0 Å². The number of aliphatic hydroxyl groups is 1. The molecule has 0 aromatic heterocycles. The third kappa shape index (κ3) is 1.50. The molecule has 1 heterocycles. The molecule has 1 aliphatic rings. The van der Waals surface area contributed by atoms with E-state index in [9.17, 15) is 0 Å². The molecule has 0 amide bonds. The minimum absolute atomic E-state index is 0.351. The number of hydrogen-bond acceptors (Lipinski definition) is 2. The van der Waals surface area contributed by atoms with Gasteiger partial charge in [-0.1, -0.05) is 13.8 Å². The van der Waals surface area contributed by atoms with E-state index in [1.165, 1.54) is 0 Å². The van der Waals surface area contributed by atoms with Crippen molar-refractivity contribution in [2.45, 2.75) is 13.8 Å². The predicted octanol–water partition coefficient (Wildman–Crippen LogP) is 0.470. The fraction of sp³-hybridized carbons (Fsp3) is 1.00. The molecule has 1 saturated heterocycles. The Kier molecular flexibility index (Phi) is 2.69. The third-order valence-corrected chi connectivity index (χ3v) is 2.61. The summed E-state index contributed by atoms with van der Waals surface area (Å²) in [5.41, 5.74) is 0. The summed E-state index contributed by atoms with van der Waals surface area (Å²) < 4.78 is 0. The van der Waals surface area contributed by atoms with Gasteiger partial charge in [0.25, 0.3) is 0 Å². The Hall–Kier alpha value is -0.0800. The van der Waals surface area contributed by atoms with Crippen LogP contribution < -0.4 is 5.32 Å². The highest BCUT2D eigenvalue weighted by Crippen LogP contribution is 2.22. The van der Waals surface area contributed by atoms with Crippen molar-refractivity contribution in [3.8, 4) is 0 Å². The van der Waals surface area contributed by atoms with Gasteiger partial charge in [0.2, 0.25) is 0 Å². The lowest BCUT2D eigenvalue weighted by molar-refractivity contribution is 0.109. The Labute approximate surface area is 62.6 Å². The lowest BCUT2D eigenvalue weighted by atomic mass is 9.81. The highest BCUT2D eigenvalue weighted by Gasteiger charge is 2.26. The summed E-state index contributed by atoms with van der Waals surface area (Å²) in [7, 11) is 0. The maximum absolute atomic E-state index is 9.00. The molecule has 3 atom stereocenters. The molecule has 0 bridgehead atoms. The van der Waals surface area contributed by atoms with Crippen molar-refractivity contribution >= 4 is 0 Å². The Morgan fingerprint density at radius 1 is 1.30 bits per heavy atom. The molecule has 1 fully saturated rings. The second kappa shape index (κ2) is 3.35. The van der Waals surface area contributed by atoms with Gasteiger partial charge < -0.3 is 10.4 Å². The molecular formula is C8H17NO. The van der Waals surface area contributed by atoms with Gasteiger partial charge in [-0.25, -0.2) is 0 Å². The monoisotopic (exact) mass is 143 g/mol. The van der Waals surface area contributed by atoms with Gasteiger partial charge in [-0.05, 0) is 30.8 Å². The summed E-state index contributed by atoms with van der Waals surface area (Å²) in [6.07, 6.45) is 0. The Morgan fingerprint density at radius 3 is 2.10 bits per heavy atom. The van der Waals surface area contributed by atoms with Crippen molar-refractivity contribution in [2.24, 2.45) is 17.8 Å². The molecule has 2 heteroatoms. The van der Waals surface area contributed by atoms with E-state index < -0.39 is 0 Å². The van der Waals surface area contributed by atoms with Crippen LogP contribution in [0.25, 0.3) is 0 Å². The molecule has 0 aliphatic carbocycles. The zero-order valence-electron chi connectivity index (χ0n) is 6.80. The lowest BCUT2D eigenvalue weighted by Gasteiger charge is -2.33. The maximum Gasteiger partial charge on any atom is 0.0465 e. The quantitative estimate of drug-likeness (QED) is 0.559. The molecule has 0 spiro atoms. The van der Waals surface area contributed by atoms with Crippen molar-refractivity contribution in [1.29, 1.82) is 0 Å². The Bertz CT molecular complexity index is 95.4. The van der Waals surface area contributed by atoms with Gasteiger partial charge >= 0.3 is 0 Å². The van der Waals surface area contributed by atoms with Crippen LogP contribution in [0, 0.1) is 17.8 Å². The van der Waals surface area contributed by atoms with E-state index in [0.717, 1.165) is 13.1 Å². The highest BCUT2D eigenvalue weighted by atomic mass is 16.3. The number of nitrogens with one attached hydrogen (secondary N) is 1. The second-order valence-corrected chi connectivity index (χ2v) is 3.46. The minimum atomic E-state index is 0.351. The molecule has 2 N–H and O–H groups in total. The standard InChI is InChI=1S/C8H17NO/c1-6-3-9-4-7(2)8(6)5-10/h6-10H,3-5H2,1-2H3/t6-,7+,8?. The van der Waals surface area contributed by atoms with E-state index in [-0.39, 0.29) is 0 Å². The zero-order chi connectivity index (χ0) is 7.56. The first kappa shape index (κ1) is 8.02. The van der Waals surface area contributed by atoms with Crippen LogP contribution in [0.15, 0.2) is 0 Å². The van der Waals surface area contributed by atoms with Crippen LogP contribution in [0.1, 0.15) is 13.8 Å². The van der Waals surface area contributed by atoms with Crippen LogP contribution in [0.4, 0.5) is 0 Å². The molecule has 0 radical (unpaired) electrons. The first-order valence-corrected chi connectivity index (χ1v) is 4.07. The molecule has 0 saturated carbocycles. The predicted molar refractivity (Wildman–Crippen MR) is 41.8 cm³/mol. The Balaban J connectivity index is 2.45. The summed E-state index contributed by atoms with van der Waals surface area (Å²) in [5.74, 6) is 1.78. The summed E-state index contributed by atoms with van der Waals surface area (Å²) >= 11 is 0. The average Bonchev–Trinajstić information content (AvgIpc) is 1.88. The van der Waals surface area contributed by atoms with Crippen LogP contribution in [-0.2, 0) is 0 Å². The summed E-state index contributed by atoms with van der Waals surface area (Å²) in [6.45, 7) is 6.88. The number of rotatable bonds is 1. The van der Waals surface area contributed by atoms with Gasteiger partial charge in [0.1, 0.15) is 0 Å².